The van der Waals surface area contributed by atoms with Gasteiger partial charge in [0.25, 0.3) is 16.8 Å². The lowest BCUT2D eigenvalue weighted by atomic mass is 10.1. The minimum Gasteiger partial charge on any atom is -0.464 e. The Bertz CT molecular complexity index is 1340. The summed E-state index contributed by atoms with van der Waals surface area (Å²) >= 11 is 0.787. The van der Waals surface area contributed by atoms with Crippen molar-refractivity contribution in [2.45, 2.75) is 20.4 Å². The van der Waals surface area contributed by atoms with E-state index in [9.17, 15) is 24.5 Å². The molecule has 0 radical (unpaired) electrons. The topological polar surface area (TPSA) is 112 Å². The third-order valence-corrected chi connectivity index (χ3v) is 6.25. The zero-order valence-corrected chi connectivity index (χ0v) is 20.0. The van der Waals surface area contributed by atoms with E-state index in [1.807, 2.05) is 48.9 Å². The van der Waals surface area contributed by atoms with E-state index in [1.54, 1.807) is 18.2 Å². The Hall–Kier alpha value is -3.92. The predicted octanol–water partition coefficient (Wildman–Crippen LogP) is 4.83. The molecule has 1 saturated heterocycles. The Morgan fingerprint density at radius 2 is 1.86 bits per heavy atom. The zero-order valence-electron chi connectivity index (χ0n) is 19.2. The molecule has 0 bridgehead atoms. The number of aromatic nitrogens is 1. The number of non-ortho nitro benzene ring substituents is 1. The number of carbonyl (C=O) groups is 3. The SMILES string of the molecule is CC(C)COC(=O)CN1C(=O)S/C(=C\c2cn(Cc3ccc([N+](=O)[O-])cc3)c3ccccc23)C1=O. The van der Waals surface area contributed by atoms with Gasteiger partial charge in [0.05, 0.1) is 16.4 Å². The maximum absolute atomic E-state index is 12.9. The van der Waals surface area contributed by atoms with Crippen LogP contribution in [0.5, 0.6) is 0 Å². The second kappa shape index (κ2) is 10.1. The van der Waals surface area contributed by atoms with Crippen LogP contribution in [0.4, 0.5) is 10.5 Å². The first-order chi connectivity index (χ1) is 16.7. The number of benzene rings is 2. The highest BCUT2D eigenvalue weighted by Crippen LogP contribution is 2.34. The number of amides is 2. The molecule has 180 valence electrons. The summed E-state index contributed by atoms with van der Waals surface area (Å²) in [6.45, 7) is 4.06. The molecule has 0 aliphatic carbocycles. The zero-order chi connectivity index (χ0) is 25.1. The van der Waals surface area contributed by atoms with Crippen LogP contribution in [0, 0.1) is 16.0 Å². The average molecular weight is 494 g/mol. The summed E-state index contributed by atoms with van der Waals surface area (Å²) in [4.78, 5) is 48.9. The number of imide groups is 1. The molecule has 0 saturated carbocycles. The number of esters is 1. The van der Waals surface area contributed by atoms with Crippen molar-refractivity contribution in [1.29, 1.82) is 0 Å². The molecule has 0 spiro atoms. The molecule has 2 heterocycles. The van der Waals surface area contributed by atoms with Crippen molar-refractivity contribution in [3.8, 4) is 0 Å². The van der Waals surface area contributed by atoms with Gasteiger partial charge in [-0.2, -0.15) is 0 Å². The second-order valence-corrected chi connectivity index (χ2v) is 9.49. The van der Waals surface area contributed by atoms with Gasteiger partial charge in [-0.3, -0.25) is 29.4 Å². The molecule has 1 aliphatic rings. The molecule has 0 atom stereocenters. The number of rotatable bonds is 8. The van der Waals surface area contributed by atoms with E-state index < -0.39 is 28.6 Å². The molecule has 10 heteroatoms. The van der Waals surface area contributed by atoms with Gasteiger partial charge < -0.3 is 9.30 Å². The van der Waals surface area contributed by atoms with E-state index in [2.05, 4.69) is 0 Å². The van der Waals surface area contributed by atoms with Crippen LogP contribution in [0.2, 0.25) is 0 Å². The van der Waals surface area contributed by atoms with Crippen LogP contribution < -0.4 is 0 Å². The van der Waals surface area contributed by atoms with Crippen LogP contribution in [0.3, 0.4) is 0 Å². The lowest BCUT2D eigenvalue weighted by Crippen LogP contribution is -2.34. The first-order valence-corrected chi connectivity index (χ1v) is 11.8. The monoisotopic (exact) mass is 493 g/mol. The smallest absolute Gasteiger partial charge is 0.326 e. The third kappa shape index (κ3) is 5.43. The van der Waals surface area contributed by atoms with Gasteiger partial charge in [0.15, 0.2) is 0 Å². The summed E-state index contributed by atoms with van der Waals surface area (Å²) in [5, 5.41) is 11.3. The van der Waals surface area contributed by atoms with Crippen LogP contribution in [-0.4, -0.2) is 44.7 Å². The van der Waals surface area contributed by atoms with E-state index in [4.69, 9.17) is 4.74 Å². The third-order valence-electron chi connectivity index (χ3n) is 5.34. The number of fused-ring (bicyclic) bond motifs is 1. The van der Waals surface area contributed by atoms with Gasteiger partial charge >= 0.3 is 5.97 Å². The highest BCUT2D eigenvalue weighted by atomic mass is 32.2. The van der Waals surface area contributed by atoms with Gasteiger partial charge in [-0.05, 0) is 35.4 Å². The van der Waals surface area contributed by atoms with Crippen LogP contribution >= 0.6 is 11.8 Å². The summed E-state index contributed by atoms with van der Waals surface area (Å²) in [6.07, 6.45) is 3.52. The number of carbonyl (C=O) groups excluding carboxylic acids is 3. The molecular formula is C25H23N3O6S. The Morgan fingerprint density at radius 1 is 1.14 bits per heavy atom. The molecule has 2 aromatic carbocycles. The van der Waals surface area contributed by atoms with Gasteiger partial charge in [-0.15, -0.1) is 0 Å². The van der Waals surface area contributed by atoms with E-state index in [-0.39, 0.29) is 23.1 Å². The Kier molecular flexibility index (Phi) is 7.02. The summed E-state index contributed by atoms with van der Waals surface area (Å²) in [5.41, 5.74) is 2.56. The summed E-state index contributed by atoms with van der Waals surface area (Å²) < 4.78 is 7.08. The predicted molar refractivity (Wildman–Crippen MR) is 133 cm³/mol. The molecule has 1 aromatic heterocycles. The van der Waals surface area contributed by atoms with Crippen LogP contribution in [0.1, 0.15) is 25.0 Å². The first kappa shape index (κ1) is 24.2. The van der Waals surface area contributed by atoms with Crippen molar-refractivity contribution < 1.29 is 24.0 Å². The van der Waals surface area contributed by atoms with Crippen molar-refractivity contribution in [3.63, 3.8) is 0 Å². The quantitative estimate of drug-likeness (QED) is 0.191. The fourth-order valence-corrected chi connectivity index (χ4v) is 4.48. The molecule has 3 aromatic rings. The van der Waals surface area contributed by atoms with Crippen LogP contribution in [0.15, 0.2) is 59.6 Å². The lowest BCUT2D eigenvalue weighted by Gasteiger charge is -2.12. The molecule has 35 heavy (non-hydrogen) atoms. The molecule has 9 nitrogen and oxygen atoms in total. The van der Waals surface area contributed by atoms with Crippen molar-refractivity contribution in [2.24, 2.45) is 5.92 Å². The summed E-state index contributed by atoms with van der Waals surface area (Å²) in [6, 6.07) is 14.0. The van der Waals surface area contributed by atoms with Gasteiger partial charge in [0.2, 0.25) is 0 Å². The van der Waals surface area contributed by atoms with Crippen LogP contribution in [-0.2, 0) is 20.9 Å². The van der Waals surface area contributed by atoms with Crippen molar-refractivity contribution in [3.05, 3.63) is 80.9 Å². The van der Waals surface area contributed by atoms with E-state index in [0.29, 0.717) is 6.54 Å². The Morgan fingerprint density at radius 3 is 2.54 bits per heavy atom. The molecule has 0 unspecified atom stereocenters. The maximum atomic E-state index is 12.9. The van der Waals surface area contributed by atoms with E-state index >= 15 is 0 Å². The van der Waals surface area contributed by atoms with Crippen molar-refractivity contribution >= 4 is 51.5 Å². The summed E-state index contributed by atoms with van der Waals surface area (Å²) in [5.74, 6) is -1.01. The lowest BCUT2D eigenvalue weighted by molar-refractivity contribution is -0.384. The summed E-state index contributed by atoms with van der Waals surface area (Å²) in [7, 11) is 0. The molecule has 4 rings (SSSR count). The number of nitrogens with zero attached hydrogens (tertiary/aromatic N) is 3. The van der Waals surface area contributed by atoms with Crippen molar-refractivity contribution in [2.75, 3.05) is 13.2 Å². The molecule has 1 aliphatic heterocycles. The first-order valence-electron chi connectivity index (χ1n) is 10.9. The second-order valence-electron chi connectivity index (χ2n) is 8.50. The van der Waals surface area contributed by atoms with Gasteiger partial charge in [0.1, 0.15) is 6.54 Å². The minimum atomic E-state index is -0.623. The highest BCUT2D eigenvalue weighted by Gasteiger charge is 2.36. The number of thioether (sulfide) groups is 1. The van der Waals surface area contributed by atoms with Crippen LogP contribution in [0.25, 0.3) is 17.0 Å². The number of hydrogen-bond donors (Lipinski definition) is 0. The van der Waals surface area contributed by atoms with Gasteiger partial charge in [-0.25, -0.2) is 0 Å². The number of nitro benzene ring substituents is 1. The molecule has 2 amide bonds. The maximum Gasteiger partial charge on any atom is 0.326 e. The van der Waals surface area contributed by atoms with E-state index in [1.165, 1.54) is 12.1 Å². The minimum absolute atomic E-state index is 0.0237. The Balaban J connectivity index is 1.58. The standard InChI is InChI=1S/C25H23N3O6S/c1-16(2)15-34-23(29)14-27-24(30)22(35-25(27)31)11-18-13-26(21-6-4-3-5-20(18)21)12-17-7-9-19(10-8-17)28(32)33/h3-11,13,16H,12,14-15H2,1-2H3/b22-11-. The normalized spacial score (nSPS) is 14.9. The fourth-order valence-electron chi connectivity index (χ4n) is 3.65. The van der Waals surface area contributed by atoms with Gasteiger partial charge in [-0.1, -0.05) is 44.2 Å². The number of para-hydroxylation sites is 1. The number of nitro groups is 1. The van der Waals surface area contributed by atoms with Gasteiger partial charge in [0, 0.05) is 41.3 Å². The average Bonchev–Trinajstić information content (AvgIpc) is 3.30. The number of ether oxygens (including phenoxy) is 1. The molecule has 1 fully saturated rings. The largest absolute Gasteiger partial charge is 0.464 e. The molecule has 0 N–H and O–H groups in total. The van der Waals surface area contributed by atoms with E-state index in [0.717, 1.165) is 38.7 Å². The van der Waals surface area contributed by atoms with Crippen molar-refractivity contribution in [1.82, 2.24) is 9.47 Å². The fraction of sp³-hybridized carbons (Fsp3) is 0.240. The molecular weight excluding hydrogens is 470 g/mol. The Labute approximate surface area is 205 Å². The highest BCUT2D eigenvalue weighted by molar-refractivity contribution is 8.18. The number of hydrogen-bond acceptors (Lipinski definition) is 7.